The summed E-state index contributed by atoms with van der Waals surface area (Å²) in [5.41, 5.74) is 0.692. The number of nitrogens with one attached hydrogen (secondary N) is 1. The van der Waals surface area contributed by atoms with Crippen LogP contribution in [-0.2, 0) is 9.63 Å². The van der Waals surface area contributed by atoms with E-state index in [1.807, 2.05) is 0 Å². The molecule has 0 saturated carbocycles. The first kappa shape index (κ1) is 13.5. The molecular formula is C9H7FN2O6. The monoisotopic (exact) mass is 258 g/mol. The zero-order chi connectivity index (χ0) is 13.7. The SMILES string of the molecule is O=C(O)CONC(=O)c1ccc([N+](=O)[O-])cc1F. The topological polar surface area (TPSA) is 119 Å². The number of nitrogens with zero attached hydrogens (tertiary/aromatic N) is 1. The van der Waals surface area contributed by atoms with Crippen LogP contribution in [-0.4, -0.2) is 28.5 Å². The number of rotatable bonds is 5. The Morgan fingerprint density at radius 2 is 2.17 bits per heavy atom. The lowest BCUT2D eigenvalue weighted by molar-refractivity contribution is -0.385. The fourth-order valence-electron chi connectivity index (χ4n) is 1.02. The van der Waals surface area contributed by atoms with Crippen molar-refractivity contribution in [1.29, 1.82) is 0 Å². The third kappa shape index (κ3) is 3.49. The molecule has 0 aliphatic rings. The maximum atomic E-state index is 13.3. The van der Waals surface area contributed by atoms with Gasteiger partial charge in [0, 0.05) is 6.07 Å². The minimum Gasteiger partial charge on any atom is -0.479 e. The molecule has 96 valence electrons. The van der Waals surface area contributed by atoms with E-state index in [0.717, 1.165) is 12.1 Å². The minimum absolute atomic E-state index is 0.494. The molecule has 0 bridgehead atoms. The van der Waals surface area contributed by atoms with Crippen LogP contribution in [0.2, 0.25) is 0 Å². The predicted octanol–water partition coefficient (Wildman–Crippen LogP) is 0.480. The van der Waals surface area contributed by atoms with Gasteiger partial charge in [-0.05, 0) is 6.07 Å². The summed E-state index contributed by atoms with van der Waals surface area (Å²) in [4.78, 5) is 35.1. The molecule has 0 radical (unpaired) electrons. The van der Waals surface area contributed by atoms with Crippen LogP contribution < -0.4 is 5.48 Å². The predicted molar refractivity (Wildman–Crippen MR) is 54.1 cm³/mol. The molecule has 1 aromatic rings. The van der Waals surface area contributed by atoms with Crippen molar-refractivity contribution in [2.75, 3.05) is 6.61 Å². The normalized spacial score (nSPS) is 9.83. The van der Waals surface area contributed by atoms with Gasteiger partial charge in [-0.15, -0.1) is 0 Å². The van der Waals surface area contributed by atoms with Gasteiger partial charge < -0.3 is 5.11 Å². The second-order valence-electron chi connectivity index (χ2n) is 3.03. The Morgan fingerprint density at radius 3 is 2.67 bits per heavy atom. The molecule has 0 aromatic heterocycles. The maximum Gasteiger partial charge on any atom is 0.332 e. The summed E-state index contributed by atoms with van der Waals surface area (Å²) in [6.45, 7) is -0.791. The fraction of sp³-hybridized carbons (Fsp3) is 0.111. The van der Waals surface area contributed by atoms with E-state index in [1.165, 1.54) is 0 Å². The summed E-state index contributed by atoms with van der Waals surface area (Å²) in [6, 6.07) is 2.41. The molecule has 2 N–H and O–H groups in total. The Morgan fingerprint density at radius 1 is 1.50 bits per heavy atom. The summed E-state index contributed by atoms with van der Waals surface area (Å²) in [7, 11) is 0. The molecule has 0 saturated heterocycles. The Bertz CT molecular complexity index is 504. The molecule has 0 fully saturated rings. The summed E-state index contributed by atoms with van der Waals surface area (Å²) >= 11 is 0. The Labute approximate surface area is 99.1 Å². The maximum absolute atomic E-state index is 13.3. The molecule has 0 unspecified atom stereocenters. The number of carboxylic acid groups (broad SMARTS) is 1. The number of nitro benzene ring substituents is 1. The highest BCUT2D eigenvalue weighted by molar-refractivity contribution is 5.94. The first-order valence-corrected chi connectivity index (χ1v) is 4.49. The van der Waals surface area contributed by atoms with Gasteiger partial charge in [0.15, 0.2) is 6.61 Å². The Balaban J connectivity index is 2.74. The van der Waals surface area contributed by atoms with E-state index < -0.39 is 40.5 Å². The number of carboxylic acids is 1. The number of hydroxylamine groups is 1. The van der Waals surface area contributed by atoms with Crippen LogP contribution >= 0.6 is 0 Å². The van der Waals surface area contributed by atoms with Crippen LogP contribution in [0, 0.1) is 15.9 Å². The van der Waals surface area contributed by atoms with Crippen molar-refractivity contribution >= 4 is 17.6 Å². The average Bonchev–Trinajstić information content (AvgIpc) is 2.27. The lowest BCUT2D eigenvalue weighted by Crippen LogP contribution is -2.27. The molecule has 0 atom stereocenters. The summed E-state index contributed by atoms with van der Waals surface area (Å²) in [5.74, 6) is -3.47. The summed E-state index contributed by atoms with van der Waals surface area (Å²) < 4.78 is 13.3. The largest absolute Gasteiger partial charge is 0.479 e. The molecule has 18 heavy (non-hydrogen) atoms. The van der Waals surface area contributed by atoms with E-state index in [0.29, 0.717) is 6.07 Å². The van der Waals surface area contributed by atoms with Gasteiger partial charge in [0.25, 0.3) is 11.6 Å². The molecule has 9 heteroatoms. The van der Waals surface area contributed by atoms with E-state index in [1.54, 1.807) is 5.48 Å². The van der Waals surface area contributed by atoms with Gasteiger partial charge in [-0.3, -0.25) is 19.7 Å². The van der Waals surface area contributed by atoms with E-state index >= 15 is 0 Å². The van der Waals surface area contributed by atoms with Gasteiger partial charge in [-0.25, -0.2) is 14.7 Å². The van der Waals surface area contributed by atoms with Gasteiger partial charge >= 0.3 is 5.97 Å². The number of amides is 1. The van der Waals surface area contributed by atoms with E-state index in [9.17, 15) is 24.1 Å². The minimum atomic E-state index is -1.32. The molecule has 0 aliphatic carbocycles. The Kier molecular flexibility index (Phi) is 4.27. The number of halogens is 1. The van der Waals surface area contributed by atoms with Crippen molar-refractivity contribution in [1.82, 2.24) is 5.48 Å². The zero-order valence-electron chi connectivity index (χ0n) is 8.75. The molecule has 8 nitrogen and oxygen atoms in total. The molecule has 0 spiro atoms. The number of aliphatic carboxylic acids is 1. The van der Waals surface area contributed by atoms with Crippen molar-refractivity contribution in [2.24, 2.45) is 0 Å². The third-order valence-corrected chi connectivity index (χ3v) is 1.77. The van der Waals surface area contributed by atoms with E-state index in [4.69, 9.17) is 5.11 Å². The molecule has 1 rings (SSSR count). The molecule has 0 heterocycles. The first-order chi connectivity index (χ1) is 8.41. The van der Waals surface area contributed by atoms with Crippen LogP contribution in [0.5, 0.6) is 0 Å². The molecule has 1 amide bonds. The van der Waals surface area contributed by atoms with Gasteiger partial charge in [0.05, 0.1) is 16.6 Å². The van der Waals surface area contributed by atoms with Gasteiger partial charge in [0.2, 0.25) is 0 Å². The van der Waals surface area contributed by atoms with Crippen LogP contribution in [0.3, 0.4) is 0 Å². The van der Waals surface area contributed by atoms with Crippen LogP contribution in [0.1, 0.15) is 10.4 Å². The highest BCUT2D eigenvalue weighted by Crippen LogP contribution is 2.16. The second kappa shape index (κ2) is 5.68. The van der Waals surface area contributed by atoms with Crippen molar-refractivity contribution in [3.05, 3.63) is 39.7 Å². The van der Waals surface area contributed by atoms with Crippen molar-refractivity contribution < 1.29 is 28.8 Å². The van der Waals surface area contributed by atoms with E-state index in [2.05, 4.69) is 4.84 Å². The number of carbonyl (C=O) groups excluding carboxylic acids is 1. The number of nitro groups is 1. The number of hydrogen-bond acceptors (Lipinski definition) is 5. The lowest BCUT2D eigenvalue weighted by atomic mass is 10.2. The number of benzene rings is 1. The number of hydrogen-bond donors (Lipinski definition) is 2. The van der Waals surface area contributed by atoms with Gasteiger partial charge in [-0.1, -0.05) is 0 Å². The Hall–Kier alpha value is -2.55. The molecule has 1 aromatic carbocycles. The zero-order valence-corrected chi connectivity index (χ0v) is 8.75. The average molecular weight is 258 g/mol. The highest BCUT2D eigenvalue weighted by Gasteiger charge is 2.16. The van der Waals surface area contributed by atoms with Crippen molar-refractivity contribution in [3.63, 3.8) is 0 Å². The van der Waals surface area contributed by atoms with Crippen LogP contribution in [0.4, 0.5) is 10.1 Å². The smallest absolute Gasteiger partial charge is 0.332 e. The van der Waals surface area contributed by atoms with Crippen molar-refractivity contribution in [2.45, 2.75) is 0 Å². The quantitative estimate of drug-likeness (QED) is 0.585. The standard InChI is InChI=1S/C9H7FN2O6/c10-7-3-5(12(16)17)1-2-6(7)9(15)11-18-4-8(13)14/h1-3H,4H2,(H,11,15)(H,13,14). The van der Waals surface area contributed by atoms with E-state index in [-0.39, 0.29) is 0 Å². The van der Waals surface area contributed by atoms with Crippen molar-refractivity contribution in [3.8, 4) is 0 Å². The first-order valence-electron chi connectivity index (χ1n) is 4.49. The second-order valence-corrected chi connectivity index (χ2v) is 3.03. The fourth-order valence-corrected chi connectivity index (χ4v) is 1.02. The van der Waals surface area contributed by atoms with Gasteiger partial charge in [0.1, 0.15) is 5.82 Å². The van der Waals surface area contributed by atoms with Crippen LogP contribution in [0.25, 0.3) is 0 Å². The van der Waals surface area contributed by atoms with Crippen LogP contribution in [0.15, 0.2) is 18.2 Å². The van der Waals surface area contributed by atoms with Gasteiger partial charge in [-0.2, -0.15) is 0 Å². The lowest BCUT2D eigenvalue weighted by Gasteiger charge is -2.04. The summed E-state index contributed by atoms with van der Waals surface area (Å²) in [6.07, 6.45) is 0. The molecule has 0 aliphatic heterocycles. The molecular weight excluding hydrogens is 251 g/mol. The number of carbonyl (C=O) groups is 2. The summed E-state index contributed by atoms with van der Waals surface area (Å²) in [5, 5.41) is 18.6. The third-order valence-electron chi connectivity index (χ3n) is 1.77. The highest BCUT2D eigenvalue weighted by atomic mass is 19.1. The number of non-ortho nitro benzene ring substituents is 1.